The fraction of sp³-hybridized carbons (Fsp3) is 0.303. The lowest BCUT2D eigenvalue weighted by atomic mass is 9.93. The number of carboxylic acids is 4. The molecule has 0 saturated carbocycles. The smallest absolute Gasteiger partial charge is 0.323 e. The first-order chi connectivity index (χ1) is 23.0. The minimum absolute atomic E-state index is 0.0156. The topological polar surface area (TPSA) is 212 Å². The van der Waals surface area contributed by atoms with Gasteiger partial charge in [0.25, 0.3) is 0 Å². The highest BCUT2D eigenvalue weighted by atomic mass is 16.5. The van der Waals surface area contributed by atoms with Gasteiger partial charge in [0, 0.05) is 55.0 Å². The molecule has 1 aliphatic carbocycles. The molecule has 0 saturated heterocycles. The van der Waals surface area contributed by atoms with Crippen LogP contribution in [0, 0.1) is 0 Å². The van der Waals surface area contributed by atoms with Crippen molar-refractivity contribution in [1.82, 2.24) is 4.90 Å². The van der Waals surface area contributed by atoms with Gasteiger partial charge < -0.3 is 44.5 Å². The molecule has 15 heteroatoms. The van der Waals surface area contributed by atoms with Crippen molar-refractivity contribution in [3.05, 3.63) is 60.0 Å². The molecule has 2 aliphatic rings. The molecule has 4 rings (SSSR count). The van der Waals surface area contributed by atoms with Gasteiger partial charge >= 0.3 is 23.9 Å². The molecule has 0 bridgehead atoms. The Morgan fingerprint density at radius 1 is 0.812 bits per heavy atom. The van der Waals surface area contributed by atoms with E-state index in [2.05, 4.69) is 10.3 Å². The van der Waals surface area contributed by atoms with Crippen LogP contribution in [-0.4, -0.2) is 116 Å². The molecule has 0 unspecified atom stereocenters. The quantitative estimate of drug-likeness (QED) is 0.0765. The Morgan fingerprint density at radius 2 is 1.50 bits per heavy atom. The lowest BCUT2D eigenvalue weighted by molar-refractivity contribution is -0.142. The van der Waals surface area contributed by atoms with Crippen molar-refractivity contribution < 1.29 is 53.5 Å². The highest BCUT2D eigenvalue weighted by Gasteiger charge is 2.22. The first-order valence-corrected chi connectivity index (χ1v) is 14.8. The summed E-state index contributed by atoms with van der Waals surface area (Å²) >= 11 is 0. The zero-order chi connectivity index (χ0) is 34.8. The second kappa shape index (κ2) is 16.2. The van der Waals surface area contributed by atoms with Gasteiger partial charge in [-0.15, -0.1) is 0 Å². The van der Waals surface area contributed by atoms with Gasteiger partial charge in [-0.05, 0) is 42.0 Å². The Morgan fingerprint density at radius 3 is 2.12 bits per heavy atom. The van der Waals surface area contributed by atoms with Gasteiger partial charge in [0.1, 0.15) is 36.8 Å². The number of carbonyl (C=O) groups is 4. The number of fused-ring (bicyclic) bond motifs is 2. The second-order valence-electron chi connectivity index (χ2n) is 10.6. The van der Waals surface area contributed by atoms with E-state index in [1.807, 2.05) is 36.4 Å². The Labute approximate surface area is 274 Å². The number of benzene rings is 3. The van der Waals surface area contributed by atoms with Gasteiger partial charge in [0.05, 0.1) is 37.3 Å². The molecule has 2 aromatic carbocycles. The molecule has 0 atom stereocenters. The summed E-state index contributed by atoms with van der Waals surface area (Å²) in [5.41, 5.74) is 3.91. The predicted molar refractivity (Wildman–Crippen MR) is 175 cm³/mol. The predicted octanol–water partition coefficient (Wildman–Crippen LogP) is 2.62. The lowest BCUT2D eigenvalue weighted by Gasteiger charge is -2.25. The number of carboxylic acid groups (broad SMARTS) is 4. The first kappa shape index (κ1) is 35.2. The molecule has 15 nitrogen and oxygen atoms in total. The molecule has 48 heavy (non-hydrogen) atoms. The van der Waals surface area contributed by atoms with Gasteiger partial charge in [-0.25, -0.2) is 0 Å². The van der Waals surface area contributed by atoms with Gasteiger partial charge in [-0.3, -0.25) is 29.1 Å². The van der Waals surface area contributed by atoms with Crippen LogP contribution in [-0.2, 0) is 23.9 Å². The van der Waals surface area contributed by atoms with Crippen LogP contribution in [0.2, 0.25) is 0 Å². The number of aliphatic carboxylic acids is 4. The van der Waals surface area contributed by atoms with Crippen molar-refractivity contribution in [3.63, 3.8) is 0 Å². The number of hydrogen-bond donors (Lipinski definition) is 5. The molecular weight excluding hydrogens is 628 g/mol. The van der Waals surface area contributed by atoms with Crippen molar-refractivity contribution >= 4 is 46.2 Å². The Balaban J connectivity index is 1.71. The van der Waals surface area contributed by atoms with Crippen molar-refractivity contribution in [1.29, 1.82) is 0 Å². The Kier molecular flexibility index (Phi) is 11.9. The van der Waals surface area contributed by atoms with Gasteiger partial charge in [0.2, 0.25) is 0 Å². The molecule has 2 aromatic rings. The number of anilines is 2. The van der Waals surface area contributed by atoms with E-state index in [1.54, 1.807) is 32.3 Å². The van der Waals surface area contributed by atoms with E-state index in [9.17, 15) is 29.4 Å². The number of hydrogen-bond acceptors (Lipinski definition) is 11. The lowest BCUT2D eigenvalue weighted by Crippen LogP contribution is -2.37. The fourth-order valence-corrected chi connectivity index (χ4v) is 5.19. The second-order valence-corrected chi connectivity index (χ2v) is 10.6. The van der Waals surface area contributed by atoms with Crippen LogP contribution < -0.4 is 20.3 Å². The maximum atomic E-state index is 11.7. The van der Waals surface area contributed by atoms with Crippen LogP contribution in [0.15, 0.2) is 64.0 Å². The molecule has 0 spiro atoms. The molecule has 1 aliphatic heterocycles. The summed E-state index contributed by atoms with van der Waals surface area (Å²) in [6.45, 7) is -2.10. The first-order valence-electron chi connectivity index (χ1n) is 14.8. The molecule has 5 N–H and O–H groups in total. The van der Waals surface area contributed by atoms with E-state index in [0.29, 0.717) is 22.3 Å². The average molecular weight is 665 g/mol. The minimum atomic E-state index is -1.24. The van der Waals surface area contributed by atoms with E-state index in [-0.39, 0.29) is 37.8 Å². The van der Waals surface area contributed by atoms with Crippen molar-refractivity contribution in [2.45, 2.75) is 0 Å². The van der Waals surface area contributed by atoms with Gasteiger partial charge in [0.15, 0.2) is 0 Å². The molecule has 0 fully saturated rings. The van der Waals surface area contributed by atoms with Crippen LogP contribution in [0.4, 0.5) is 11.4 Å². The molecule has 1 heterocycles. The van der Waals surface area contributed by atoms with Crippen LogP contribution in [0.3, 0.4) is 0 Å². The number of nitrogens with one attached hydrogen (secondary N) is 1. The molecule has 0 radical (unpaired) electrons. The van der Waals surface area contributed by atoms with E-state index in [0.717, 1.165) is 22.2 Å². The molecule has 0 aromatic heterocycles. The summed E-state index contributed by atoms with van der Waals surface area (Å²) in [7, 11) is 3.47. The Bertz CT molecular complexity index is 1810. The maximum absolute atomic E-state index is 11.7. The number of rotatable bonds is 18. The molecular formula is C33H36N4O11. The zero-order valence-electron chi connectivity index (χ0n) is 26.3. The summed E-state index contributed by atoms with van der Waals surface area (Å²) in [6, 6.07) is 16.3. The molecule has 0 amide bonds. The summed E-state index contributed by atoms with van der Waals surface area (Å²) in [6.07, 6.45) is 0. The van der Waals surface area contributed by atoms with Gasteiger partial charge in [-0.2, -0.15) is 0 Å². The average Bonchev–Trinajstić information content (AvgIpc) is 3.03. The van der Waals surface area contributed by atoms with Crippen LogP contribution in [0.5, 0.6) is 5.75 Å². The third-order valence-corrected chi connectivity index (χ3v) is 7.25. The van der Waals surface area contributed by atoms with E-state index in [4.69, 9.17) is 24.1 Å². The summed E-state index contributed by atoms with van der Waals surface area (Å²) in [5, 5.41) is 41.7. The SMILES string of the molecule is CN=c1ccc2c(-c3ccc(N(CC(=O)O)CC(=O)O)c(OCCOCCN(CC(=O)O)CC(=O)O)c3)c3ccc(NC)cc3oc-2c1. The van der Waals surface area contributed by atoms with Crippen molar-refractivity contribution in [2.75, 3.05) is 76.9 Å². The summed E-state index contributed by atoms with van der Waals surface area (Å²) in [5.74, 6) is -4.04. The van der Waals surface area contributed by atoms with Crippen molar-refractivity contribution in [2.24, 2.45) is 4.99 Å². The number of ether oxygens (including phenoxy) is 2. The largest absolute Gasteiger partial charge is 0.489 e. The summed E-state index contributed by atoms with van der Waals surface area (Å²) in [4.78, 5) is 52.1. The minimum Gasteiger partial charge on any atom is -0.489 e. The normalized spacial score (nSPS) is 11.6. The highest BCUT2D eigenvalue weighted by molar-refractivity contribution is 6.03. The highest BCUT2D eigenvalue weighted by Crippen LogP contribution is 2.43. The van der Waals surface area contributed by atoms with Gasteiger partial charge in [-0.1, -0.05) is 6.07 Å². The standard InChI is InChI=1S/C33H36N4O11/c1-34-21-4-6-23-26(14-21)48-27-15-22(35-2)5-7-24(27)33(23)20-3-8-25(37(18-31(42)43)19-32(44)45)28(13-20)47-12-11-46-10-9-36(16-29(38)39)17-30(40)41/h3-8,13-15,34H,9-12,16-19H2,1-2H3,(H,38,39)(H,40,41)(H,42,43)(H,44,45). The fourth-order valence-electron chi connectivity index (χ4n) is 5.19. The third kappa shape index (κ3) is 9.20. The summed E-state index contributed by atoms with van der Waals surface area (Å²) < 4.78 is 17.9. The van der Waals surface area contributed by atoms with E-state index in [1.165, 1.54) is 9.80 Å². The van der Waals surface area contributed by atoms with Crippen LogP contribution >= 0.6 is 0 Å². The van der Waals surface area contributed by atoms with Crippen LogP contribution in [0.1, 0.15) is 0 Å². The zero-order valence-corrected chi connectivity index (χ0v) is 26.3. The van der Waals surface area contributed by atoms with Crippen LogP contribution in [0.25, 0.3) is 33.4 Å². The van der Waals surface area contributed by atoms with Crippen molar-refractivity contribution in [3.8, 4) is 28.2 Å². The van der Waals surface area contributed by atoms with E-state index < -0.39 is 50.1 Å². The molecule has 254 valence electrons. The number of nitrogens with zero attached hydrogens (tertiary/aromatic N) is 3. The van der Waals surface area contributed by atoms with E-state index >= 15 is 0 Å². The maximum Gasteiger partial charge on any atom is 0.323 e. The third-order valence-electron chi connectivity index (χ3n) is 7.25. The monoisotopic (exact) mass is 664 g/mol. The Hall–Kier alpha value is -5.67.